The number of nitrogens with one attached hydrogen (secondary N) is 1. The normalized spacial score (nSPS) is 10.7. The molecule has 1 heterocycles. The lowest BCUT2D eigenvalue weighted by atomic mass is 10.1. The van der Waals surface area contributed by atoms with Crippen LogP contribution in [0.5, 0.6) is 0 Å². The number of amides is 2. The van der Waals surface area contributed by atoms with E-state index in [1.807, 2.05) is 54.6 Å². The maximum atomic E-state index is 12.8. The van der Waals surface area contributed by atoms with E-state index in [1.54, 1.807) is 4.90 Å². The van der Waals surface area contributed by atoms with Gasteiger partial charge in [-0.1, -0.05) is 60.1 Å². The van der Waals surface area contributed by atoms with E-state index in [4.69, 9.17) is 29.6 Å². The Morgan fingerprint density at radius 3 is 2.45 bits per heavy atom. The zero-order valence-electron chi connectivity index (χ0n) is 15.6. The molecule has 2 aromatic carbocycles. The maximum Gasteiger partial charge on any atom is 0.269 e. The highest BCUT2D eigenvalue weighted by Gasteiger charge is 2.20. The monoisotopic (exact) mass is 445 g/mol. The van der Waals surface area contributed by atoms with Crippen LogP contribution in [0.2, 0.25) is 5.02 Å². The molecule has 0 unspecified atom stereocenters. The van der Waals surface area contributed by atoms with Crippen LogP contribution < -0.4 is 11.1 Å². The van der Waals surface area contributed by atoms with Crippen molar-refractivity contribution in [3.8, 4) is 0 Å². The molecule has 0 saturated carbocycles. The molecule has 0 spiro atoms. The van der Waals surface area contributed by atoms with Gasteiger partial charge in [0, 0.05) is 29.6 Å². The Balaban J connectivity index is 1.71. The molecule has 3 N–H and O–H groups in total. The average Bonchev–Trinajstić information content (AvgIpc) is 3.05. The largest absolute Gasteiger partial charge is 0.370 e. The Kier molecular flexibility index (Phi) is 7.19. The molecule has 0 aliphatic rings. The number of nitrogens with two attached hydrogens (primary N) is 1. The molecule has 0 atom stereocenters. The second-order valence-corrected chi connectivity index (χ2v) is 8.26. The topological polar surface area (TPSA) is 75.4 Å². The van der Waals surface area contributed by atoms with Gasteiger partial charge in [-0.05, 0) is 30.3 Å². The van der Waals surface area contributed by atoms with Crippen molar-refractivity contribution in [3.05, 3.63) is 70.1 Å². The summed E-state index contributed by atoms with van der Waals surface area (Å²) in [4.78, 5) is 26.2. The summed E-state index contributed by atoms with van der Waals surface area (Å²) in [6, 6.07) is 17.5. The van der Waals surface area contributed by atoms with Crippen molar-refractivity contribution in [2.75, 3.05) is 13.1 Å². The third-order valence-corrected chi connectivity index (χ3v) is 6.42. The maximum absolute atomic E-state index is 12.8. The molecule has 0 aliphatic heterocycles. The number of benzene rings is 2. The number of thiocarbonyl (C=S) groups is 1. The first-order chi connectivity index (χ1) is 14.0. The predicted molar refractivity (Wildman–Crippen MR) is 122 cm³/mol. The standard InChI is InChI=1S/C21H20ClN3O2S2/c22-18-15-8-4-5-9-16(15)29-19(18)20(27)24-21(28)25(13-11-17(23)26)12-10-14-6-2-1-3-7-14/h1-9H,10-13H2,(H2,23,26)(H,24,27,28). The number of carbonyl (C=O) groups is 2. The van der Waals surface area contributed by atoms with Gasteiger partial charge in [0.25, 0.3) is 5.91 Å². The van der Waals surface area contributed by atoms with Gasteiger partial charge in [0.1, 0.15) is 4.88 Å². The third-order valence-electron chi connectivity index (χ3n) is 4.39. The molecule has 0 bridgehead atoms. The Labute approximate surface area is 183 Å². The van der Waals surface area contributed by atoms with E-state index in [0.29, 0.717) is 23.0 Å². The van der Waals surface area contributed by atoms with E-state index in [1.165, 1.54) is 11.3 Å². The first-order valence-corrected chi connectivity index (χ1v) is 10.7. The van der Waals surface area contributed by atoms with E-state index in [9.17, 15) is 9.59 Å². The minimum absolute atomic E-state index is 0.147. The van der Waals surface area contributed by atoms with Gasteiger partial charge in [-0.25, -0.2) is 0 Å². The molecule has 0 saturated heterocycles. The first kappa shape index (κ1) is 21.2. The smallest absolute Gasteiger partial charge is 0.269 e. The van der Waals surface area contributed by atoms with E-state index < -0.39 is 5.91 Å². The number of thiophene rings is 1. The Morgan fingerprint density at radius 1 is 1.07 bits per heavy atom. The lowest BCUT2D eigenvalue weighted by Crippen LogP contribution is -2.44. The van der Waals surface area contributed by atoms with Crippen LogP contribution in [0, 0.1) is 0 Å². The first-order valence-electron chi connectivity index (χ1n) is 9.05. The van der Waals surface area contributed by atoms with Gasteiger partial charge >= 0.3 is 0 Å². The zero-order chi connectivity index (χ0) is 20.8. The number of nitrogens with zero attached hydrogens (tertiary/aromatic N) is 1. The molecule has 150 valence electrons. The SMILES string of the molecule is NC(=O)CCN(CCc1ccccc1)C(=S)NC(=O)c1sc2ccccc2c1Cl. The van der Waals surface area contributed by atoms with Gasteiger partial charge in [0.2, 0.25) is 5.91 Å². The minimum Gasteiger partial charge on any atom is -0.370 e. The molecule has 2 amide bonds. The van der Waals surface area contributed by atoms with Crippen molar-refractivity contribution in [1.29, 1.82) is 0 Å². The summed E-state index contributed by atoms with van der Waals surface area (Å²) in [5.41, 5.74) is 6.43. The summed E-state index contributed by atoms with van der Waals surface area (Å²) >= 11 is 13.2. The van der Waals surface area contributed by atoms with Gasteiger partial charge in [-0.15, -0.1) is 11.3 Å². The highest BCUT2D eigenvalue weighted by atomic mass is 35.5. The van der Waals surface area contributed by atoms with Gasteiger partial charge in [0.05, 0.1) is 5.02 Å². The highest BCUT2D eigenvalue weighted by Crippen LogP contribution is 2.34. The molecule has 29 heavy (non-hydrogen) atoms. The summed E-state index contributed by atoms with van der Waals surface area (Å²) in [6.07, 6.45) is 0.869. The molecule has 3 rings (SSSR count). The molecular formula is C21H20ClN3O2S2. The second kappa shape index (κ2) is 9.82. The van der Waals surface area contributed by atoms with Gasteiger partial charge in [-0.2, -0.15) is 0 Å². The number of halogens is 1. The van der Waals surface area contributed by atoms with E-state index >= 15 is 0 Å². The lowest BCUT2D eigenvalue weighted by molar-refractivity contribution is -0.118. The summed E-state index contributed by atoms with van der Waals surface area (Å²) in [6.45, 7) is 0.887. The Hall–Kier alpha value is -2.48. The molecule has 5 nitrogen and oxygen atoms in total. The fourth-order valence-corrected chi connectivity index (χ4v) is 4.55. The average molecular weight is 446 g/mol. The van der Waals surface area contributed by atoms with Crippen LogP contribution in [0.1, 0.15) is 21.7 Å². The molecule has 0 aliphatic carbocycles. The quantitative estimate of drug-likeness (QED) is 0.539. The lowest BCUT2D eigenvalue weighted by Gasteiger charge is -2.25. The Morgan fingerprint density at radius 2 is 1.76 bits per heavy atom. The number of hydrogen-bond acceptors (Lipinski definition) is 4. The predicted octanol–water partition coefficient (Wildman–Crippen LogP) is 3.99. The van der Waals surface area contributed by atoms with Crippen LogP contribution in [0.3, 0.4) is 0 Å². The van der Waals surface area contributed by atoms with Crippen LogP contribution in [0.25, 0.3) is 10.1 Å². The molecule has 8 heteroatoms. The highest BCUT2D eigenvalue weighted by molar-refractivity contribution is 7.80. The number of primary amides is 1. The van der Waals surface area contributed by atoms with Crippen LogP contribution in [-0.4, -0.2) is 34.9 Å². The minimum atomic E-state index is -0.420. The summed E-state index contributed by atoms with van der Waals surface area (Å²) in [7, 11) is 0. The molecule has 0 radical (unpaired) electrons. The van der Waals surface area contributed by atoms with Crippen LogP contribution in [0.15, 0.2) is 54.6 Å². The van der Waals surface area contributed by atoms with Crippen molar-refractivity contribution < 1.29 is 9.59 Å². The summed E-state index contributed by atoms with van der Waals surface area (Å²) in [5.74, 6) is -0.777. The van der Waals surface area contributed by atoms with Crippen molar-refractivity contribution in [1.82, 2.24) is 10.2 Å². The van der Waals surface area contributed by atoms with E-state index in [2.05, 4.69) is 5.32 Å². The second-order valence-electron chi connectivity index (χ2n) is 6.44. The van der Waals surface area contributed by atoms with Crippen molar-refractivity contribution in [2.24, 2.45) is 5.73 Å². The molecular weight excluding hydrogens is 426 g/mol. The molecule has 3 aromatic rings. The van der Waals surface area contributed by atoms with E-state index in [0.717, 1.165) is 22.1 Å². The van der Waals surface area contributed by atoms with Gasteiger partial charge in [-0.3, -0.25) is 14.9 Å². The van der Waals surface area contributed by atoms with Crippen LogP contribution in [0.4, 0.5) is 0 Å². The van der Waals surface area contributed by atoms with E-state index in [-0.39, 0.29) is 17.4 Å². The fourth-order valence-electron chi connectivity index (χ4n) is 2.86. The van der Waals surface area contributed by atoms with Crippen molar-refractivity contribution in [2.45, 2.75) is 12.8 Å². The molecule has 1 aromatic heterocycles. The van der Waals surface area contributed by atoms with Gasteiger partial charge < -0.3 is 10.6 Å². The van der Waals surface area contributed by atoms with Crippen LogP contribution >= 0.6 is 35.2 Å². The zero-order valence-corrected chi connectivity index (χ0v) is 17.9. The molecule has 0 fully saturated rings. The summed E-state index contributed by atoms with van der Waals surface area (Å²) < 4.78 is 0.934. The third kappa shape index (κ3) is 5.53. The number of carbonyl (C=O) groups excluding carboxylic acids is 2. The summed E-state index contributed by atoms with van der Waals surface area (Å²) in [5, 5.41) is 4.25. The van der Waals surface area contributed by atoms with Crippen molar-refractivity contribution in [3.63, 3.8) is 0 Å². The van der Waals surface area contributed by atoms with Crippen LogP contribution in [-0.2, 0) is 11.2 Å². The number of fused-ring (bicyclic) bond motifs is 1. The van der Waals surface area contributed by atoms with Crippen molar-refractivity contribution >= 4 is 62.2 Å². The Bertz CT molecular complexity index is 1040. The number of hydrogen-bond donors (Lipinski definition) is 2. The number of rotatable bonds is 7. The fraction of sp³-hybridized carbons (Fsp3) is 0.190. The van der Waals surface area contributed by atoms with Gasteiger partial charge in [0.15, 0.2) is 5.11 Å².